The summed E-state index contributed by atoms with van der Waals surface area (Å²) in [4.78, 5) is 8.70. The van der Waals surface area contributed by atoms with Gasteiger partial charge < -0.3 is 4.74 Å². The van der Waals surface area contributed by atoms with Crippen LogP contribution in [0.1, 0.15) is 5.56 Å². The van der Waals surface area contributed by atoms with E-state index in [2.05, 4.69) is 20.2 Å². The van der Waals surface area contributed by atoms with Crippen LogP contribution >= 0.6 is 0 Å². The Labute approximate surface area is 171 Å². The molecule has 0 unspecified atom stereocenters. The Morgan fingerprint density at radius 3 is 2.63 bits per heavy atom. The Kier molecular flexibility index (Phi) is 4.03. The number of fused-ring (bicyclic) bond motifs is 3. The molecule has 0 amide bonds. The van der Waals surface area contributed by atoms with E-state index in [1.165, 1.54) is 23.6 Å². The van der Waals surface area contributed by atoms with Gasteiger partial charge in [0.2, 0.25) is 5.88 Å². The van der Waals surface area contributed by atoms with Gasteiger partial charge in [-0.2, -0.15) is 0 Å². The molecule has 0 aliphatic carbocycles. The Morgan fingerprint density at radius 1 is 1.07 bits per heavy atom. The number of aryl methyl sites for hydroxylation is 1. The largest absolute Gasteiger partial charge is 0.481 e. The molecule has 0 fully saturated rings. The van der Waals surface area contributed by atoms with E-state index in [0.717, 1.165) is 11.1 Å². The third-order valence-corrected chi connectivity index (χ3v) is 6.54. The molecule has 150 valence electrons. The summed E-state index contributed by atoms with van der Waals surface area (Å²) in [6, 6.07) is 10.2. The number of pyridine rings is 1. The fraction of sp³-hybridized carbons (Fsp3) is 0.100. The molecule has 0 bridgehead atoms. The molecule has 30 heavy (non-hydrogen) atoms. The van der Waals surface area contributed by atoms with Gasteiger partial charge in [-0.25, -0.2) is 22.4 Å². The number of rotatable bonds is 4. The second-order valence-corrected chi connectivity index (χ2v) is 8.55. The van der Waals surface area contributed by atoms with Gasteiger partial charge >= 0.3 is 0 Å². The van der Waals surface area contributed by atoms with Crippen LogP contribution in [0.15, 0.2) is 66.2 Å². The van der Waals surface area contributed by atoms with E-state index in [9.17, 15) is 8.42 Å². The van der Waals surface area contributed by atoms with Gasteiger partial charge in [0, 0.05) is 24.0 Å². The first-order valence-corrected chi connectivity index (χ1v) is 10.5. The first-order valence-electron chi connectivity index (χ1n) is 9.01. The lowest BCUT2D eigenvalue weighted by Gasteiger charge is -2.07. The second kappa shape index (κ2) is 6.63. The first-order chi connectivity index (χ1) is 14.5. The normalized spacial score (nSPS) is 11.9. The van der Waals surface area contributed by atoms with Crippen LogP contribution in [0.2, 0.25) is 0 Å². The molecular formula is C20H16N6O3S. The third-order valence-electron chi connectivity index (χ3n) is 4.87. The van der Waals surface area contributed by atoms with Crippen LogP contribution in [0.25, 0.3) is 27.9 Å². The van der Waals surface area contributed by atoms with Crippen LogP contribution in [0.5, 0.6) is 5.88 Å². The van der Waals surface area contributed by atoms with Crippen molar-refractivity contribution >= 4 is 26.8 Å². The topological polar surface area (TPSA) is 104 Å². The van der Waals surface area contributed by atoms with E-state index in [0.29, 0.717) is 22.6 Å². The molecular weight excluding hydrogens is 404 g/mol. The van der Waals surface area contributed by atoms with Crippen LogP contribution in [0, 0.1) is 6.92 Å². The number of ether oxygens (including phenoxy) is 1. The summed E-state index contributed by atoms with van der Waals surface area (Å²) in [5.74, 6) is 0.415. The zero-order chi connectivity index (χ0) is 20.9. The van der Waals surface area contributed by atoms with Crippen molar-refractivity contribution in [3.8, 4) is 17.0 Å². The van der Waals surface area contributed by atoms with E-state index >= 15 is 0 Å². The molecule has 10 heteroatoms. The molecule has 0 radical (unpaired) electrons. The molecule has 0 aliphatic rings. The van der Waals surface area contributed by atoms with E-state index in [-0.39, 0.29) is 10.5 Å². The predicted molar refractivity (Wildman–Crippen MR) is 110 cm³/mol. The zero-order valence-electron chi connectivity index (χ0n) is 16.1. The van der Waals surface area contributed by atoms with Crippen LogP contribution < -0.4 is 4.74 Å². The summed E-state index contributed by atoms with van der Waals surface area (Å²) in [5, 5.41) is 7.97. The van der Waals surface area contributed by atoms with Gasteiger partial charge in [0.05, 0.1) is 18.2 Å². The summed E-state index contributed by atoms with van der Waals surface area (Å²) >= 11 is 0. The van der Waals surface area contributed by atoms with E-state index in [1.807, 2.05) is 6.92 Å². The van der Waals surface area contributed by atoms with Gasteiger partial charge in [-0.1, -0.05) is 17.7 Å². The van der Waals surface area contributed by atoms with Gasteiger partial charge in [0.1, 0.15) is 11.8 Å². The van der Waals surface area contributed by atoms with Crippen molar-refractivity contribution in [1.82, 2.24) is 28.5 Å². The maximum atomic E-state index is 13.4. The monoisotopic (exact) mass is 420 g/mol. The minimum absolute atomic E-state index is 0.175. The number of hydrogen-bond donors (Lipinski definition) is 0. The maximum absolute atomic E-state index is 13.4. The summed E-state index contributed by atoms with van der Waals surface area (Å²) < 4.78 is 35.0. The molecule has 0 saturated heterocycles. The standard InChI is InChI=1S/C20H16N6O3S/c1-13-3-5-15(6-4-13)30(27,28)26-11-16(14-7-8-21-18(9-14)29-2)19-20(26)22-10-17-24-23-12-25(17)19/h3-12H,1-2H3. The summed E-state index contributed by atoms with van der Waals surface area (Å²) in [7, 11) is -2.36. The van der Waals surface area contributed by atoms with Crippen LogP contribution in [0.3, 0.4) is 0 Å². The van der Waals surface area contributed by atoms with Gasteiger partial charge in [-0.05, 0) is 30.7 Å². The van der Waals surface area contributed by atoms with Crippen molar-refractivity contribution in [2.45, 2.75) is 11.8 Å². The average molecular weight is 420 g/mol. The summed E-state index contributed by atoms with van der Waals surface area (Å²) in [5.41, 5.74) is 3.69. The summed E-state index contributed by atoms with van der Waals surface area (Å²) in [6.07, 6.45) is 6.18. The first kappa shape index (κ1) is 18.3. The molecule has 0 saturated carbocycles. The zero-order valence-corrected chi connectivity index (χ0v) is 16.9. The fourth-order valence-electron chi connectivity index (χ4n) is 3.35. The molecule has 0 spiro atoms. The van der Waals surface area contributed by atoms with Crippen LogP contribution in [-0.4, -0.2) is 44.1 Å². The molecule has 0 atom stereocenters. The van der Waals surface area contributed by atoms with Gasteiger partial charge in [-0.15, -0.1) is 10.2 Å². The number of aromatic nitrogens is 6. The lowest BCUT2D eigenvalue weighted by molar-refractivity contribution is 0.398. The quantitative estimate of drug-likeness (QED) is 0.440. The maximum Gasteiger partial charge on any atom is 0.269 e. The van der Waals surface area contributed by atoms with Crippen LogP contribution in [0.4, 0.5) is 0 Å². The second-order valence-electron chi connectivity index (χ2n) is 6.73. The van der Waals surface area contributed by atoms with Crippen LogP contribution in [-0.2, 0) is 10.0 Å². The minimum Gasteiger partial charge on any atom is -0.481 e. The molecule has 4 heterocycles. The Bertz CT molecular complexity index is 1500. The Morgan fingerprint density at radius 2 is 1.87 bits per heavy atom. The molecule has 0 N–H and O–H groups in total. The van der Waals surface area contributed by atoms with Gasteiger partial charge in [0.25, 0.3) is 10.0 Å². The third kappa shape index (κ3) is 2.72. The summed E-state index contributed by atoms with van der Waals surface area (Å²) in [6.45, 7) is 1.90. The highest BCUT2D eigenvalue weighted by Gasteiger charge is 2.24. The molecule has 5 rings (SSSR count). The van der Waals surface area contributed by atoms with Crippen molar-refractivity contribution in [2.24, 2.45) is 0 Å². The highest BCUT2D eigenvalue weighted by atomic mass is 32.2. The molecule has 1 aromatic carbocycles. The fourth-order valence-corrected chi connectivity index (χ4v) is 4.66. The number of methoxy groups -OCH3 is 1. The van der Waals surface area contributed by atoms with E-state index < -0.39 is 10.0 Å². The van der Waals surface area contributed by atoms with Crippen molar-refractivity contribution in [3.63, 3.8) is 0 Å². The van der Waals surface area contributed by atoms with Gasteiger partial charge in [-0.3, -0.25) is 4.40 Å². The molecule has 0 aliphatic heterocycles. The van der Waals surface area contributed by atoms with Crippen molar-refractivity contribution in [2.75, 3.05) is 7.11 Å². The molecule has 4 aromatic heterocycles. The Balaban J connectivity index is 1.85. The highest BCUT2D eigenvalue weighted by molar-refractivity contribution is 7.90. The number of nitrogens with zero attached hydrogens (tertiary/aromatic N) is 6. The molecule has 5 aromatic rings. The number of benzene rings is 1. The van der Waals surface area contributed by atoms with Gasteiger partial charge in [0.15, 0.2) is 11.3 Å². The van der Waals surface area contributed by atoms with Crippen molar-refractivity contribution in [1.29, 1.82) is 0 Å². The number of hydrogen-bond acceptors (Lipinski definition) is 7. The van der Waals surface area contributed by atoms with Crippen molar-refractivity contribution < 1.29 is 13.2 Å². The van der Waals surface area contributed by atoms with E-state index in [1.54, 1.807) is 53.2 Å². The lowest BCUT2D eigenvalue weighted by atomic mass is 10.1. The van der Waals surface area contributed by atoms with Crippen molar-refractivity contribution in [3.05, 3.63) is 66.9 Å². The highest BCUT2D eigenvalue weighted by Crippen LogP contribution is 2.33. The smallest absolute Gasteiger partial charge is 0.269 e. The SMILES string of the molecule is COc1cc(-c2cn(S(=O)(=O)c3ccc(C)cc3)c3ncc4nncn4c23)ccn1. The van der Waals surface area contributed by atoms with E-state index in [4.69, 9.17) is 4.74 Å². The minimum atomic E-state index is -3.88. The molecule has 9 nitrogen and oxygen atoms in total. The lowest BCUT2D eigenvalue weighted by Crippen LogP contribution is -2.12. The Hall–Kier alpha value is -3.79. The predicted octanol–water partition coefficient (Wildman–Crippen LogP) is 2.70. The average Bonchev–Trinajstić information content (AvgIpc) is 3.38.